The Morgan fingerprint density at radius 1 is 1.00 bits per heavy atom. The molecule has 3 aromatic rings. The molecule has 1 heterocycles. The second-order valence-corrected chi connectivity index (χ2v) is 7.48. The van der Waals surface area contributed by atoms with E-state index >= 15 is 0 Å². The van der Waals surface area contributed by atoms with E-state index in [-0.39, 0.29) is 0 Å². The maximum atomic E-state index is 4.68. The first-order valence-corrected chi connectivity index (χ1v) is 10.2. The molecule has 6 nitrogen and oxygen atoms in total. The highest BCUT2D eigenvalue weighted by molar-refractivity contribution is 7.99. The fourth-order valence-corrected chi connectivity index (χ4v) is 3.40. The SMILES string of the molecule is CCNC(=NCc1ccc(Sc2ccccc2)cc1)NCc1nnc(C)n1C. The predicted octanol–water partition coefficient (Wildman–Crippen LogP) is 3.53. The lowest BCUT2D eigenvalue weighted by Crippen LogP contribution is -2.37. The third-order valence-corrected chi connectivity index (χ3v) is 5.28. The number of guanidine groups is 1. The molecule has 0 aliphatic carbocycles. The molecule has 2 N–H and O–H groups in total. The summed E-state index contributed by atoms with van der Waals surface area (Å²) in [5, 5.41) is 14.8. The summed E-state index contributed by atoms with van der Waals surface area (Å²) in [6.07, 6.45) is 0. The molecule has 3 rings (SSSR count). The minimum atomic E-state index is 0.579. The lowest BCUT2D eigenvalue weighted by Gasteiger charge is -2.11. The Balaban J connectivity index is 1.58. The number of aliphatic imine (C=N–C) groups is 1. The standard InChI is InChI=1S/C21H26N6S/c1-4-22-21(24-15-20-26-25-16(2)27(20)3)23-14-17-10-12-19(13-11-17)28-18-8-6-5-7-9-18/h5-13H,4,14-15H2,1-3H3,(H2,22,23,24). The van der Waals surface area contributed by atoms with Crippen LogP contribution in [0.3, 0.4) is 0 Å². The summed E-state index contributed by atoms with van der Waals surface area (Å²) in [4.78, 5) is 7.14. The molecule has 0 saturated heterocycles. The first-order chi connectivity index (χ1) is 13.7. The number of benzene rings is 2. The summed E-state index contributed by atoms with van der Waals surface area (Å²) in [6.45, 7) is 5.99. The van der Waals surface area contributed by atoms with Gasteiger partial charge in [-0.05, 0) is 43.7 Å². The first-order valence-electron chi connectivity index (χ1n) is 9.34. The van der Waals surface area contributed by atoms with E-state index in [2.05, 4.69) is 81.3 Å². The molecule has 0 saturated carbocycles. The smallest absolute Gasteiger partial charge is 0.191 e. The molecular formula is C21H26N6S. The largest absolute Gasteiger partial charge is 0.357 e. The molecular weight excluding hydrogens is 368 g/mol. The van der Waals surface area contributed by atoms with Crippen LogP contribution in [-0.2, 0) is 20.1 Å². The Hall–Kier alpha value is -2.80. The highest BCUT2D eigenvalue weighted by atomic mass is 32.2. The summed E-state index contributed by atoms with van der Waals surface area (Å²) in [5.41, 5.74) is 1.17. The van der Waals surface area contributed by atoms with E-state index in [1.54, 1.807) is 11.8 Å². The third kappa shape index (κ3) is 5.60. The summed E-state index contributed by atoms with van der Waals surface area (Å²) < 4.78 is 1.97. The van der Waals surface area contributed by atoms with Crippen LogP contribution in [0, 0.1) is 6.92 Å². The normalized spacial score (nSPS) is 11.5. The number of hydrogen-bond acceptors (Lipinski definition) is 4. The van der Waals surface area contributed by atoms with Crippen LogP contribution in [0.5, 0.6) is 0 Å². The predicted molar refractivity (Wildman–Crippen MR) is 114 cm³/mol. The molecule has 0 radical (unpaired) electrons. The highest BCUT2D eigenvalue weighted by Gasteiger charge is 2.06. The number of rotatable bonds is 7. The van der Waals surface area contributed by atoms with Crippen molar-refractivity contribution in [2.75, 3.05) is 6.54 Å². The topological polar surface area (TPSA) is 67.1 Å². The molecule has 0 unspecified atom stereocenters. The van der Waals surface area contributed by atoms with E-state index in [9.17, 15) is 0 Å². The number of aryl methyl sites for hydroxylation is 1. The van der Waals surface area contributed by atoms with Crippen LogP contribution in [0.2, 0.25) is 0 Å². The van der Waals surface area contributed by atoms with Crippen LogP contribution in [0.25, 0.3) is 0 Å². The molecule has 28 heavy (non-hydrogen) atoms. The van der Waals surface area contributed by atoms with E-state index in [0.717, 1.165) is 24.2 Å². The summed E-state index contributed by atoms with van der Waals surface area (Å²) in [5.74, 6) is 2.54. The lowest BCUT2D eigenvalue weighted by atomic mass is 10.2. The molecule has 0 amide bonds. The zero-order chi connectivity index (χ0) is 19.8. The maximum Gasteiger partial charge on any atom is 0.191 e. The van der Waals surface area contributed by atoms with E-state index in [1.807, 2.05) is 24.6 Å². The van der Waals surface area contributed by atoms with Crippen molar-refractivity contribution < 1.29 is 0 Å². The van der Waals surface area contributed by atoms with Crippen molar-refractivity contribution in [3.63, 3.8) is 0 Å². The van der Waals surface area contributed by atoms with Gasteiger partial charge in [-0.2, -0.15) is 0 Å². The van der Waals surface area contributed by atoms with E-state index < -0.39 is 0 Å². The van der Waals surface area contributed by atoms with Crippen LogP contribution >= 0.6 is 11.8 Å². The molecule has 0 spiro atoms. The van der Waals surface area contributed by atoms with Crippen molar-refractivity contribution in [1.82, 2.24) is 25.4 Å². The zero-order valence-corrected chi connectivity index (χ0v) is 17.3. The molecule has 1 aromatic heterocycles. The van der Waals surface area contributed by atoms with Crippen LogP contribution in [0.1, 0.15) is 24.1 Å². The van der Waals surface area contributed by atoms with Crippen LogP contribution < -0.4 is 10.6 Å². The maximum absolute atomic E-state index is 4.68. The quantitative estimate of drug-likeness (QED) is 0.474. The van der Waals surface area contributed by atoms with Gasteiger partial charge in [0.05, 0.1) is 13.1 Å². The number of aromatic nitrogens is 3. The molecule has 7 heteroatoms. The third-order valence-electron chi connectivity index (χ3n) is 4.26. The minimum Gasteiger partial charge on any atom is -0.357 e. The number of hydrogen-bond donors (Lipinski definition) is 2. The Bertz CT molecular complexity index is 902. The average molecular weight is 395 g/mol. The highest BCUT2D eigenvalue weighted by Crippen LogP contribution is 2.27. The average Bonchev–Trinajstić information content (AvgIpc) is 3.04. The van der Waals surface area contributed by atoms with Gasteiger partial charge in [0, 0.05) is 23.4 Å². The number of nitrogens with one attached hydrogen (secondary N) is 2. The van der Waals surface area contributed by atoms with E-state index in [1.165, 1.54) is 15.4 Å². The van der Waals surface area contributed by atoms with Crippen molar-refractivity contribution in [2.24, 2.45) is 12.0 Å². The van der Waals surface area contributed by atoms with E-state index in [4.69, 9.17) is 0 Å². The van der Waals surface area contributed by atoms with Gasteiger partial charge in [0.1, 0.15) is 5.82 Å². The zero-order valence-electron chi connectivity index (χ0n) is 16.5. The van der Waals surface area contributed by atoms with Gasteiger partial charge in [0.15, 0.2) is 11.8 Å². The Labute approximate surface area is 170 Å². The fraction of sp³-hybridized carbons (Fsp3) is 0.286. The molecule has 0 aliphatic heterocycles. The van der Waals surface area contributed by atoms with Gasteiger partial charge >= 0.3 is 0 Å². The van der Waals surface area contributed by atoms with Gasteiger partial charge in [-0.25, -0.2) is 4.99 Å². The van der Waals surface area contributed by atoms with Crippen LogP contribution in [0.4, 0.5) is 0 Å². The molecule has 0 aliphatic rings. The van der Waals surface area contributed by atoms with Gasteiger partial charge in [-0.1, -0.05) is 42.1 Å². The minimum absolute atomic E-state index is 0.579. The van der Waals surface area contributed by atoms with Crippen molar-refractivity contribution in [1.29, 1.82) is 0 Å². The molecule has 0 atom stereocenters. The van der Waals surface area contributed by atoms with Crippen LogP contribution in [0.15, 0.2) is 69.4 Å². The summed E-state index contributed by atoms with van der Waals surface area (Å²) in [7, 11) is 1.96. The fourth-order valence-electron chi connectivity index (χ4n) is 2.57. The lowest BCUT2D eigenvalue weighted by molar-refractivity contribution is 0.718. The van der Waals surface area contributed by atoms with Gasteiger partial charge in [-0.3, -0.25) is 0 Å². The Morgan fingerprint density at radius 3 is 2.36 bits per heavy atom. The Kier molecular flexibility index (Phi) is 7.08. The van der Waals surface area contributed by atoms with Crippen molar-refractivity contribution in [3.05, 3.63) is 71.8 Å². The first kappa shape index (κ1) is 19.9. The van der Waals surface area contributed by atoms with Gasteiger partial charge in [0.25, 0.3) is 0 Å². The second kappa shape index (κ2) is 9.94. The Morgan fingerprint density at radius 2 is 1.71 bits per heavy atom. The molecule has 2 aromatic carbocycles. The second-order valence-electron chi connectivity index (χ2n) is 6.33. The summed E-state index contributed by atoms with van der Waals surface area (Å²) >= 11 is 1.76. The van der Waals surface area contributed by atoms with Crippen molar-refractivity contribution in [3.8, 4) is 0 Å². The van der Waals surface area contributed by atoms with Gasteiger partial charge in [0.2, 0.25) is 0 Å². The van der Waals surface area contributed by atoms with Crippen LogP contribution in [-0.4, -0.2) is 27.3 Å². The molecule has 146 valence electrons. The number of nitrogens with zero attached hydrogens (tertiary/aromatic N) is 4. The van der Waals surface area contributed by atoms with Crippen molar-refractivity contribution >= 4 is 17.7 Å². The van der Waals surface area contributed by atoms with E-state index in [0.29, 0.717) is 13.1 Å². The monoisotopic (exact) mass is 394 g/mol. The molecule has 0 fully saturated rings. The molecule has 0 bridgehead atoms. The van der Waals surface area contributed by atoms with Gasteiger partial charge in [-0.15, -0.1) is 10.2 Å². The summed E-state index contributed by atoms with van der Waals surface area (Å²) in [6, 6.07) is 18.9. The van der Waals surface area contributed by atoms with Gasteiger partial charge < -0.3 is 15.2 Å². The van der Waals surface area contributed by atoms with Crippen molar-refractivity contribution in [2.45, 2.75) is 36.7 Å².